The lowest BCUT2D eigenvalue weighted by molar-refractivity contribution is -0.152. The smallest absolute Gasteiger partial charge is 0.303 e. The van der Waals surface area contributed by atoms with Crippen LogP contribution in [0.15, 0.2) is 24.3 Å². The normalized spacial score (nSPS) is 14.1. The summed E-state index contributed by atoms with van der Waals surface area (Å²) in [6, 6.07) is 7.71. The van der Waals surface area contributed by atoms with Gasteiger partial charge in [0.05, 0.1) is 0 Å². The first kappa shape index (κ1) is 18.2. The summed E-state index contributed by atoms with van der Waals surface area (Å²) < 4.78 is 10.8. The van der Waals surface area contributed by atoms with Crippen molar-refractivity contribution >= 4 is 11.9 Å². The van der Waals surface area contributed by atoms with Crippen LogP contribution in [-0.2, 0) is 19.1 Å². The van der Waals surface area contributed by atoms with Crippen LogP contribution >= 0.6 is 0 Å². The van der Waals surface area contributed by atoms with Crippen LogP contribution in [0.1, 0.15) is 71.3 Å². The molecular weight excluding hydrogens is 280 g/mol. The zero-order valence-corrected chi connectivity index (χ0v) is 14.3. The zero-order chi connectivity index (χ0) is 16.9. The maximum Gasteiger partial charge on any atom is 0.303 e. The average Bonchev–Trinajstić information content (AvgIpc) is 2.41. The summed E-state index contributed by atoms with van der Waals surface area (Å²) >= 11 is 0. The number of rotatable bonds is 5. The van der Waals surface area contributed by atoms with Gasteiger partial charge in [0.1, 0.15) is 12.2 Å². The lowest BCUT2D eigenvalue weighted by atomic mass is 9.84. The van der Waals surface area contributed by atoms with Crippen molar-refractivity contribution in [2.75, 3.05) is 0 Å². The second kappa shape index (κ2) is 7.43. The maximum atomic E-state index is 11.3. The molecule has 0 aliphatic rings. The fourth-order valence-electron chi connectivity index (χ4n) is 2.38. The van der Waals surface area contributed by atoms with E-state index in [1.54, 1.807) is 0 Å². The molecule has 0 N–H and O–H groups in total. The highest BCUT2D eigenvalue weighted by molar-refractivity contribution is 5.66. The highest BCUT2D eigenvalue weighted by Gasteiger charge is 2.29. The Hall–Kier alpha value is -1.84. The molecule has 122 valence electrons. The number of esters is 2. The minimum atomic E-state index is -0.312. The SMILES string of the molecule is CCC(OC(C)=O)c1ccc(C(OC(C)=O)C(C)(C)C)cc1. The van der Waals surface area contributed by atoms with E-state index in [0.29, 0.717) is 6.42 Å². The molecule has 0 bridgehead atoms. The third-order valence-electron chi connectivity index (χ3n) is 3.36. The van der Waals surface area contributed by atoms with E-state index in [0.717, 1.165) is 11.1 Å². The van der Waals surface area contributed by atoms with Gasteiger partial charge >= 0.3 is 11.9 Å². The topological polar surface area (TPSA) is 52.6 Å². The molecule has 1 aromatic rings. The van der Waals surface area contributed by atoms with E-state index in [1.165, 1.54) is 13.8 Å². The van der Waals surface area contributed by atoms with E-state index in [4.69, 9.17) is 9.47 Å². The van der Waals surface area contributed by atoms with E-state index < -0.39 is 0 Å². The van der Waals surface area contributed by atoms with Crippen molar-refractivity contribution < 1.29 is 19.1 Å². The van der Waals surface area contributed by atoms with Gasteiger partial charge in [-0.05, 0) is 17.5 Å². The van der Waals surface area contributed by atoms with Crippen LogP contribution in [0.5, 0.6) is 0 Å². The standard InChI is InChI=1S/C18H26O4/c1-7-16(21-12(2)19)14-8-10-15(11-9-14)17(18(4,5)6)22-13(3)20/h8-11,16-17H,7H2,1-6H3. The lowest BCUT2D eigenvalue weighted by Gasteiger charge is -2.30. The Kier molecular flexibility index (Phi) is 6.15. The van der Waals surface area contributed by atoms with Gasteiger partial charge in [-0.2, -0.15) is 0 Å². The van der Waals surface area contributed by atoms with Crippen LogP contribution in [0.3, 0.4) is 0 Å². The average molecular weight is 306 g/mol. The third-order valence-corrected chi connectivity index (χ3v) is 3.36. The van der Waals surface area contributed by atoms with Crippen LogP contribution in [0.2, 0.25) is 0 Å². The van der Waals surface area contributed by atoms with Crippen molar-refractivity contribution in [3.05, 3.63) is 35.4 Å². The summed E-state index contributed by atoms with van der Waals surface area (Å²) in [4.78, 5) is 22.5. The first-order valence-electron chi connectivity index (χ1n) is 7.59. The van der Waals surface area contributed by atoms with Gasteiger partial charge in [0.25, 0.3) is 0 Å². The monoisotopic (exact) mass is 306 g/mol. The van der Waals surface area contributed by atoms with Gasteiger partial charge in [-0.25, -0.2) is 0 Å². The van der Waals surface area contributed by atoms with Gasteiger partial charge in [-0.15, -0.1) is 0 Å². The van der Waals surface area contributed by atoms with Crippen LogP contribution in [0.4, 0.5) is 0 Å². The molecule has 0 aromatic heterocycles. The van der Waals surface area contributed by atoms with Crippen molar-refractivity contribution in [2.45, 2.75) is 60.2 Å². The summed E-state index contributed by atoms with van der Waals surface area (Å²) in [5.74, 6) is -0.584. The number of hydrogen-bond acceptors (Lipinski definition) is 4. The molecule has 22 heavy (non-hydrogen) atoms. The summed E-state index contributed by atoms with van der Waals surface area (Å²) in [5.41, 5.74) is 1.67. The summed E-state index contributed by atoms with van der Waals surface area (Å²) in [6.45, 7) is 10.9. The molecule has 0 amide bonds. The molecule has 0 aliphatic carbocycles. The Bertz CT molecular complexity index is 511. The lowest BCUT2D eigenvalue weighted by Crippen LogP contribution is -2.23. The Balaban J connectivity index is 3.02. The highest BCUT2D eigenvalue weighted by Crippen LogP contribution is 2.36. The number of carbonyl (C=O) groups is 2. The van der Waals surface area contributed by atoms with Crippen molar-refractivity contribution in [1.29, 1.82) is 0 Å². The summed E-state index contributed by atoms with van der Waals surface area (Å²) in [7, 11) is 0. The van der Waals surface area contributed by atoms with Crippen LogP contribution in [0.25, 0.3) is 0 Å². The largest absolute Gasteiger partial charge is 0.458 e. The molecule has 2 unspecified atom stereocenters. The number of benzene rings is 1. The first-order chi connectivity index (χ1) is 10.1. The molecule has 0 heterocycles. The molecule has 0 spiro atoms. The predicted octanol–water partition coefficient (Wildman–Crippen LogP) is 4.35. The number of carbonyl (C=O) groups excluding carboxylic acids is 2. The van der Waals surface area contributed by atoms with E-state index in [9.17, 15) is 9.59 Å². The van der Waals surface area contributed by atoms with Gasteiger partial charge in [0, 0.05) is 19.3 Å². The Morgan fingerprint density at radius 3 is 1.77 bits per heavy atom. The van der Waals surface area contributed by atoms with E-state index in [-0.39, 0.29) is 29.6 Å². The van der Waals surface area contributed by atoms with Crippen molar-refractivity contribution in [2.24, 2.45) is 5.41 Å². The minimum absolute atomic E-state index is 0.201. The number of hydrogen-bond donors (Lipinski definition) is 0. The van der Waals surface area contributed by atoms with Gasteiger partial charge in [0.2, 0.25) is 0 Å². The molecule has 0 fully saturated rings. The van der Waals surface area contributed by atoms with Gasteiger partial charge in [-0.1, -0.05) is 52.0 Å². The van der Waals surface area contributed by atoms with Crippen molar-refractivity contribution in [3.63, 3.8) is 0 Å². The zero-order valence-electron chi connectivity index (χ0n) is 14.3. The highest BCUT2D eigenvalue weighted by atomic mass is 16.5. The fourth-order valence-corrected chi connectivity index (χ4v) is 2.38. The predicted molar refractivity (Wildman–Crippen MR) is 85.2 cm³/mol. The third kappa shape index (κ3) is 5.17. The second-order valence-electron chi connectivity index (χ2n) is 6.53. The Morgan fingerprint density at radius 2 is 1.41 bits per heavy atom. The maximum absolute atomic E-state index is 11.3. The molecule has 4 heteroatoms. The van der Waals surface area contributed by atoms with Gasteiger partial charge < -0.3 is 9.47 Å². The molecule has 2 atom stereocenters. The van der Waals surface area contributed by atoms with Gasteiger partial charge in [0.15, 0.2) is 0 Å². The van der Waals surface area contributed by atoms with E-state index in [2.05, 4.69) is 0 Å². The molecule has 0 saturated carbocycles. The molecule has 4 nitrogen and oxygen atoms in total. The molecular formula is C18H26O4. The summed E-state index contributed by atoms with van der Waals surface area (Å²) in [6.07, 6.45) is 0.159. The summed E-state index contributed by atoms with van der Waals surface area (Å²) in [5, 5.41) is 0. The molecule has 0 radical (unpaired) electrons. The van der Waals surface area contributed by atoms with Crippen LogP contribution in [-0.4, -0.2) is 11.9 Å². The minimum Gasteiger partial charge on any atom is -0.458 e. The number of ether oxygens (including phenoxy) is 2. The molecule has 1 aromatic carbocycles. The Morgan fingerprint density at radius 1 is 0.955 bits per heavy atom. The first-order valence-corrected chi connectivity index (χ1v) is 7.59. The second-order valence-corrected chi connectivity index (χ2v) is 6.53. The quantitative estimate of drug-likeness (QED) is 0.759. The van der Waals surface area contributed by atoms with Crippen molar-refractivity contribution in [3.8, 4) is 0 Å². The van der Waals surface area contributed by atoms with E-state index in [1.807, 2.05) is 52.0 Å². The van der Waals surface area contributed by atoms with E-state index >= 15 is 0 Å². The van der Waals surface area contributed by atoms with Gasteiger partial charge in [-0.3, -0.25) is 9.59 Å². The van der Waals surface area contributed by atoms with Crippen molar-refractivity contribution in [1.82, 2.24) is 0 Å². The Labute approximate surface area is 132 Å². The molecule has 0 aliphatic heterocycles. The van der Waals surface area contributed by atoms with Crippen LogP contribution < -0.4 is 0 Å². The molecule has 0 saturated heterocycles. The van der Waals surface area contributed by atoms with Crippen LogP contribution in [0, 0.1) is 5.41 Å². The molecule has 1 rings (SSSR count). The fraction of sp³-hybridized carbons (Fsp3) is 0.556.